The van der Waals surface area contributed by atoms with Crippen molar-refractivity contribution in [2.75, 3.05) is 32.5 Å². The van der Waals surface area contributed by atoms with E-state index in [2.05, 4.69) is 10.6 Å². The number of ether oxygens (including phenoxy) is 1. The molecule has 0 aromatic carbocycles. The van der Waals surface area contributed by atoms with E-state index >= 15 is 0 Å². The van der Waals surface area contributed by atoms with E-state index in [9.17, 15) is 9.00 Å². The van der Waals surface area contributed by atoms with Gasteiger partial charge < -0.3 is 15.4 Å². The standard InChI is InChI=1S/C11H22N2O3S/c1-9(17(3)15)4-5-13-10(14)6-16-11(2)7-12-8-11/h9,12H,4-8H2,1-3H3,(H,13,14). The smallest absolute Gasteiger partial charge is 0.246 e. The first-order chi connectivity index (χ1) is 7.93. The number of carbonyl (C=O) groups is 1. The van der Waals surface area contributed by atoms with E-state index in [-0.39, 0.29) is 23.4 Å². The van der Waals surface area contributed by atoms with Crippen molar-refractivity contribution in [1.82, 2.24) is 10.6 Å². The third-order valence-electron chi connectivity index (χ3n) is 2.99. The van der Waals surface area contributed by atoms with E-state index in [1.807, 2.05) is 13.8 Å². The molecule has 0 spiro atoms. The Morgan fingerprint density at radius 1 is 1.59 bits per heavy atom. The highest BCUT2D eigenvalue weighted by molar-refractivity contribution is 7.84. The van der Waals surface area contributed by atoms with Crippen molar-refractivity contribution in [2.45, 2.75) is 31.1 Å². The van der Waals surface area contributed by atoms with Crippen molar-refractivity contribution < 1.29 is 13.7 Å². The van der Waals surface area contributed by atoms with Gasteiger partial charge >= 0.3 is 0 Å². The Labute approximate surface area is 105 Å². The number of hydrogen-bond acceptors (Lipinski definition) is 4. The topological polar surface area (TPSA) is 67.4 Å². The largest absolute Gasteiger partial charge is 0.363 e. The van der Waals surface area contributed by atoms with E-state index in [1.165, 1.54) is 0 Å². The van der Waals surface area contributed by atoms with Gasteiger partial charge in [-0.25, -0.2) is 0 Å². The fourth-order valence-corrected chi connectivity index (χ4v) is 1.90. The first-order valence-electron chi connectivity index (χ1n) is 5.86. The summed E-state index contributed by atoms with van der Waals surface area (Å²) < 4.78 is 16.6. The molecular formula is C11H22N2O3S. The summed E-state index contributed by atoms with van der Waals surface area (Å²) in [4.78, 5) is 11.4. The normalized spacial score (nSPS) is 21.4. The molecule has 1 amide bonds. The van der Waals surface area contributed by atoms with Crippen LogP contribution in [-0.2, 0) is 20.3 Å². The second-order valence-corrected chi connectivity index (χ2v) is 6.59. The third-order valence-corrected chi connectivity index (χ3v) is 4.36. The van der Waals surface area contributed by atoms with Gasteiger partial charge in [-0.2, -0.15) is 0 Å². The van der Waals surface area contributed by atoms with Crippen LogP contribution in [0.2, 0.25) is 0 Å². The Hall–Kier alpha value is -0.460. The van der Waals surface area contributed by atoms with Crippen LogP contribution in [0.5, 0.6) is 0 Å². The zero-order valence-corrected chi connectivity index (χ0v) is 11.6. The summed E-state index contributed by atoms with van der Waals surface area (Å²) in [6.07, 6.45) is 2.41. The van der Waals surface area contributed by atoms with Crippen LogP contribution < -0.4 is 10.6 Å². The Kier molecular flexibility index (Phi) is 5.55. The zero-order chi connectivity index (χ0) is 12.9. The molecule has 1 heterocycles. The summed E-state index contributed by atoms with van der Waals surface area (Å²) >= 11 is 0. The van der Waals surface area contributed by atoms with Gasteiger partial charge in [-0.1, -0.05) is 6.92 Å². The van der Waals surface area contributed by atoms with Gasteiger partial charge in [0, 0.05) is 41.9 Å². The van der Waals surface area contributed by atoms with Crippen molar-refractivity contribution in [3.05, 3.63) is 0 Å². The molecule has 0 saturated carbocycles. The van der Waals surface area contributed by atoms with Gasteiger partial charge in [0.25, 0.3) is 0 Å². The second-order valence-electron chi connectivity index (χ2n) is 4.79. The summed E-state index contributed by atoms with van der Waals surface area (Å²) in [5.41, 5.74) is -0.185. The fraction of sp³-hybridized carbons (Fsp3) is 0.909. The Balaban J connectivity index is 2.07. The molecule has 0 aromatic heterocycles. The molecule has 17 heavy (non-hydrogen) atoms. The maximum atomic E-state index is 11.4. The lowest BCUT2D eigenvalue weighted by Gasteiger charge is -2.38. The van der Waals surface area contributed by atoms with E-state index < -0.39 is 10.8 Å². The van der Waals surface area contributed by atoms with E-state index in [1.54, 1.807) is 6.26 Å². The van der Waals surface area contributed by atoms with Gasteiger partial charge in [-0.15, -0.1) is 0 Å². The van der Waals surface area contributed by atoms with Crippen molar-refractivity contribution in [1.29, 1.82) is 0 Å². The lowest BCUT2D eigenvalue weighted by atomic mass is 10.0. The maximum absolute atomic E-state index is 11.4. The predicted molar refractivity (Wildman–Crippen MR) is 68.4 cm³/mol. The molecule has 0 bridgehead atoms. The van der Waals surface area contributed by atoms with Crippen LogP contribution in [0, 0.1) is 0 Å². The average Bonchev–Trinajstić information content (AvgIpc) is 2.23. The molecule has 1 fully saturated rings. The minimum Gasteiger partial charge on any atom is -0.363 e. The van der Waals surface area contributed by atoms with E-state index in [0.717, 1.165) is 19.5 Å². The number of carbonyl (C=O) groups excluding carboxylic acids is 1. The van der Waals surface area contributed by atoms with Crippen LogP contribution in [0.3, 0.4) is 0 Å². The van der Waals surface area contributed by atoms with Gasteiger partial charge in [0.1, 0.15) is 6.61 Å². The Morgan fingerprint density at radius 3 is 2.71 bits per heavy atom. The highest BCUT2D eigenvalue weighted by atomic mass is 32.2. The molecule has 0 aliphatic carbocycles. The third kappa shape index (κ3) is 5.14. The lowest BCUT2D eigenvalue weighted by molar-refractivity contribution is -0.135. The molecule has 2 atom stereocenters. The predicted octanol–water partition coefficient (Wildman–Crippen LogP) is -0.362. The van der Waals surface area contributed by atoms with Crippen LogP contribution in [0.15, 0.2) is 0 Å². The van der Waals surface area contributed by atoms with Gasteiger partial charge in [0.05, 0.1) is 5.60 Å². The molecule has 0 aromatic rings. The molecular weight excluding hydrogens is 240 g/mol. The molecule has 100 valence electrons. The summed E-state index contributed by atoms with van der Waals surface area (Å²) in [6.45, 7) is 6.15. The first kappa shape index (κ1) is 14.6. The highest BCUT2D eigenvalue weighted by Gasteiger charge is 2.32. The highest BCUT2D eigenvalue weighted by Crippen LogP contribution is 2.14. The van der Waals surface area contributed by atoms with E-state index in [4.69, 9.17) is 4.74 Å². The number of hydrogen-bond donors (Lipinski definition) is 2. The van der Waals surface area contributed by atoms with Crippen LogP contribution >= 0.6 is 0 Å². The maximum Gasteiger partial charge on any atom is 0.246 e. The van der Waals surface area contributed by atoms with Crippen LogP contribution in [-0.4, -0.2) is 53.5 Å². The molecule has 1 rings (SSSR count). The summed E-state index contributed by atoms with van der Waals surface area (Å²) in [7, 11) is -0.826. The molecule has 2 N–H and O–H groups in total. The number of amides is 1. The van der Waals surface area contributed by atoms with Crippen molar-refractivity contribution in [3.8, 4) is 0 Å². The zero-order valence-electron chi connectivity index (χ0n) is 10.7. The Bertz CT molecular complexity index is 292. The summed E-state index contributed by atoms with van der Waals surface area (Å²) in [5, 5.41) is 5.99. The minimum absolute atomic E-state index is 0.0990. The van der Waals surface area contributed by atoms with Crippen LogP contribution in [0.4, 0.5) is 0 Å². The molecule has 1 aliphatic heterocycles. The molecule has 0 radical (unpaired) electrons. The quantitative estimate of drug-likeness (QED) is 0.657. The van der Waals surface area contributed by atoms with E-state index in [0.29, 0.717) is 6.54 Å². The van der Waals surface area contributed by atoms with Crippen molar-refractivity contribution in [3.63, 3.8) is 0 Å². The monoisotopic (exact) mass is 262 g/mol. The van der Waals surface area contributed by atoms with Crippen LogP contribution in [0.1, 0.15) is 20.3 Å². The van der Waals surface area contributed by atoms with Gasteiger partial charge in [-0.3, -0.25) is 9.00 Å². The Morgan fingerprint density at radius 2 is 2.24 bits per heavy atom. The van der Waals surface area contributed by atoms with Gasteiger partial charge in [0.15, 0.2) is 0 Å². The number of nitrogens with one attached hydrogen (secondary N) is 2. The molecule has 1 aliphatic rings. The SMILES string of the molecule is CC(CCNC(=O)COC1(C)CNC1)S(C)=O. The summed E-state index contributed by atoms with van der Waals surface area (Å²) in [6, 6.07) is 0. The van der Waals surface area contributed by atoms with Gasteiger partial charge in [-0.05, 0) is 13.3 Å². The summed E-state index contributed by atoms with van der Waals surface area (Å²) in [5.74, 6) is -0.104. The molecule has 5 nitrogen and oxygen atoms in total. The second kappa shape index (κ2) is 6.47. The van der Waals surface area contributed by atoms with Gasteiger partial charge in [0.2, 0.25) is 5.91 Å². The molecule has 6 heteroatoms. The molecule has 2 unspecified atom stereocenters. The fourth-order valence-electron chi connectivity index (χ4n) is 1.45. The lowest BCUT2D eigenvalue weighted by Crippen LogP contribution is -2.59. The van der Waals surface area contributed by atoms with Crippen molar-refractivity contribution >= 4 is 16.7 Å². The van der Waals surface area contributed by atoms with Crippen molar-refractivity contribution in [2.24, 2.45) is 0 Å². The number of rotatable bonds is 7. The molecule has 1 saturated heterocycles. The minimum atomic E-state index is -0.826. The average molecular weight is 262 g/mol. The first-order valence-corrected chi connectivity index (χ1v) is 7.49. The van der Waals surface area contributed by atoms with Crippen LogP contribution in [0.25, 0.3) is 0 Å².